The van der Waals surface area contributed by atoms with E-state index in [2.05, 4.69) is 16.0 Å². The molecule has 2 atom stereocenters. The van der Waals surface area contributed by atoms with E-state index in [1.54, 1.807) is 0 Å². The summed E-state index contributed by atoms with van der Waals surface area (Å²) in [6.07, 6.45) is 5.52. The van der Waals surface area contributed by atoms with Crippen molar-refractivity contribution in [3.63, 3.8) is 0 Å². The van der Waals surface area contributed by atoms with E-state index in [0.29, 0.717) is 26.4 Å². The van der Waals surface area contributed by atoms with Gasteiger partial charge in [-0.15, -0.1) is 0 Å². The second-order valence-electron chi connectivity index (χ2n) is 7.16. The lowest BCUT2D eigenvalue weighted by atomic mass is 10.1. The van der Waals surface area contributed by atoms with Gasteiger partial charge in [0.05, 0.1) is 25.9 Å². The van der Waals surface area contributed by atoms with Crippen LogP contribution >= 0.6 is 0 Å². The van der Waals surface area contributed by atoms with Crippen LogP contribution in [-0.4, -0.2) is 60.3 Å². The van der Waals surface area contributed by atoms with Crippen LogP contribution in [0.1, 0.15) is 37.4 Å². The first-order chi connectivity index (χ1) is 12.2. The van der Waals surface area contributed by atoms with Gasteiger partial charge in [-0.3, -0.25) is 0 Å². The molecule has 0 bridgehead atoms. The molecule has 1 aromatic heterocycles. The standard InChI is InChI=1S/C18H27N3O4/c1-20-8-2-4-15(20)16-5-3-9-21(16)17(22)19-12-14-13-24-18(25-14)6-10-23-11-7-18/h2,4,8,14,16H,3,5-7,9-13H2,1H3,(H,19,22)/t14-,16+/m1/s1. The molecule has 4 rings (SSSR count). The molecule has 3 aliphatic heterocycles. The third-order valence-electron chi connectivity index (χ3n) is 5.49. The molecule has 25 heavy (non-hydrogen) atoms. The van der Waals surface area contributed by atoms with Crippen molar-refractivity contribution in [2.24, 2.45) is 7.05 Å². The number of hydrogen-bond acceptors (Lipinski definition) is 4. The highest BCUT2D eigenvalue weighted by atomic mass is 16.7. The molecule has 138 valence electrons. The van der Waals surface area contributed by atoms with Crippen molar-refractivity contribution in [1.29, 1.82) is 0 Å². The molecular weight excluding hydrogens is 322 g/mol. The maximum Gasteiger partial charge on any atom is 0.318 e. The van der Waals surface area contributed by atoms with E-state index >= 15 is 0 Å². The fourth-order valence-electron chi connectivity index (χ4n) is 4.10. The average Bonchev–Trinajstić information content (AvgIpc) is 3.33. The van der Waals surface area contributed by atoms with Gasteiger partial charge in [-0.1, -0.05) is 0 Å². The van der Waals surface area contributed by atoms with Gasteiger partial charge in [0.15, 0.2) is 5.79 Å². The molecule has 0 aromatic carbocycles. The number of aromatic nitrogens is 1. The van der Waals surface area contributed by atoms with Gasteiger partial charge in [-0.05, 0) is 25.0 Å². The van der Waals surface area contributed by atoms with Crippen molar-refractivity contribution >= 4 is 6.03 Å². The maximum atomic E-state index is 12.7. The van der Waals surface area contributed by atoms with Gasteiger partial charge in [-0.25, -0.2) is 4.79 Å². The molecule has 4 heterocycles. The lowest BCUT2D eigenvalue weighted by Gasteiger charge is -2.31. The fourth-order valence-corrected chi connectivity index (χ4v) is 4.10. The zero-order chi connectivity index (χ0) is 17.3. The number of amides is 2. The smallest absolute Gasteiger partial charge is 0.318 e. The van der Waals surface area contributed by atoms with E-state index in [1.165, 1.54) is 5.69 Å². The number of likely N-dealkylation sites (tertiary alicyclic amines) is 1. The van der Waals surface area contributed by atoms with E-state index in [1.807, 2.05) is 24.2 Å². The Balaban J connectivity index is 1.31. The van der Waals surface area contributed by atoms with Crippen LogP contribution in [0.4, 0.5) is 4.79 Å². The quantitative estimate of drug-likeness (QED) is 0.904. The van der Waals surface area contributed by atoms with Crippen LogP contribution in [0.15, 0.2) is 18.3 Å². The molecule has 2 amide bonds. The van der Waals surface area contributed by atoms with E-state index in [0.717, 1.165) is 32.2 Å². The van der Waals surface area contributed by atoms with E-state index in [-0.39, 0.29) is 18.2 Å². The topological polar surface area (TPSA) is 65.0 Å². The molecule has 7 heteroatoms. The van der Waals surface area contributed by atoms with E-state index < -0.39 is 5.79 Å². The Hall–Kier alpha value is -1.57. The summed E-state index contributed by atoms with van der Waals surface area (Å²) in [5, 5.41) is 3.04. The Morgan fingerprint density at radius 2 is 2.24 bits per heavy atom. The largest absolute Gasteiger partial charge is 0.381 e. The molecule has 1 aromatic rings. The normalized spacial score (nSPS) is 28.6. The lowest BCUT2D eigenvalue weighted by molar-refractivity contribution is -0.210. The number of carbonyl (C=O) groups is 1. The van der Waals surface area contributed by atoms with Crippen molar-refractivity contribution in [2.75, 3.05) is 32.9 Å². The molecule has 3 fully saturated rings. The fraction of sp³-hybridized carbons (Fsp3) is 0.722. The van der Waals surface area contributed by atoms with Crippen LogP contribution < -0.4 is 5.32 Å². The Morgan fingerprint density at radius 1 is 1.40 bits per heavy atom. The monoisotopic (exact) mass is 349 g/mol. The molecule has 0 unspecified atom stereocenters. The first-order valence-corrected chi connectivity index (χ1v) is 9.22. The zero-order valence-electron chi connectivity index (χ0n) is 14.8. The number of nitrogens with zero attached hydrogens (tertiary/aromatic N) is 2. The van der Waals surface area contributed by atoms with Crippen molar-refractivity contribution in [3.8, 4) is 0 Å². The summed E-state index contributed by atoms with van der Waals surface area (Å²) in [5.74, 6) is -0.493. The molecule has 0 saturated carbocycles. The van der Waals surface area contributed by atoms with Gasteiger partial charge in [-0.2, -0.15) is 0 Å². The van der Waals surface area contributed by atoms with Crippen LogP contribution in [0.5, 0.6) is 0 Å². The van der Waals surface area contributed by atoms with Crippen LogP contribution in [-0.2, 0) is 21.3 Å². The molecule has 7 nitrogen and oxygen atoms in total. The molecule has 1 N–H and O–H groups in total. The van der Waals surface area contributed by atoms with Crippen LogP contribution in [0.25, 0.3) is 0 Å². The van der Waals surface area contributed by atoms with Gasteiger partial charge in [0.2, 0.25) is 0 Å². The summed E-state index contributed by atoms with van der Waals surface area (Å²) >= 11 is 0. The average molecular weight is 349 g/mol. The number of ether oxygens (including phenoxy) is 3. The second kappa shape index (κ2) is 6.97. The summed E-state index contributed by atoms with van der Waals surface area (Å²) in [7, 11) is 2.03. The molecule has 3 saturated heterocycles. The minimum Gasteiger partial charge on any atom is -0.381 e. The number of rotatable bonds is 3. The van der Waals surface area contributed by atoms with Crippen LogP contribution in [0.3, 0.4) is 0 Å². The molecular formula is C18H27N3O4. The van der Waals surface area contributed by atoms with E-state index in [4.69, 9.17) is 14.2 Å². The highest BCUT2D eigenvalue weighted by Gasteiger charge is 2.43. The number of nitrogens with one attached hydrogen (secondary N) is 1. The minimum absolute atomic E-state index is 0.0137. The zero-order valence-corrected chi connectivity index (χ0v) is 14.8. The number of hydrogen-bond donors (Lipinski definition) is 1. The first kappa shape index (κ1) is 16.9. The maximum absolute atomic E-state index is 12.7. The molecule has 0 radical (unpaired) electrons. The second-order valence-corrected chi connectivity index (χ2v) is 7.16. The van der Waals surface area contributed by atoms with Crippen molar-refractivity contribution in [1.82, 2.24) is 14.8 Å². The number of carbonyl (C=O) groups excluding carboxylic acids is 1. The van der Waals surface area contributed by atoms with Crippen LogP contribution in [0, 0.1) is 0 Å². The summed E-state index contributed by atoms with van der Waals surface area (Å²) in [4.78, 5) is 14.6. The van der Waals surface area contributed by atoms with Crippen molar-refractivity contribution < 1.29 is 19.0 Å². The summed E-state index contributed by atoms with van der Waals surface area (Å²) < 4.78 is 19.4. The Bertz CT molecular complexity index is 611. The Morgan fingerprint density at radius 3 is 3.00 bits per heavy atom. The molecule has 1 spiro atoms. The number of aryl methyl sites for hydroxylation is 1. The minimum atomic E-state index is -0.493. The lowest BCUT2D eigenvalue weighted by Crippen LogP contribution is -2.44. The Kier molecular flexibility index (Phi) is 4.71. The first-order valence-electron chi connectivity index (χ1n) is 9.22. The summed E-state index contributed by atoms with van der Waals surface area (Å²) in [5.41, 5.74) is 1.19. The Labute approximate surface area is 148 Å². The van der Waals surface area contributed by atoms with Crippen molar-refractivity contribution in [2.45, 2.75) is 43.6 Å². The SMILES string of the molecule is Cn1cccc1[C@@H]1CCCN1C(=O)NC[C@@H]1COC2(CCOCC2)O1. The predicted molar refractivity (Wildman–Crippen MR) is 91.1 cm³/mol. The highest BCUT2D eigenvalue weighted by molar-refractivity contribution is 5.75. The molecule has 3 aliphatic rings. The third-order valence-corrected chi connectivity index (χ3v) is 5.49. The van der Waals surface area contributed by atoms with Crippen molar-refractivity contribution in [3.05, 3.63) is 24.0 Å². The van der Waals surface area contributed by atoms with E-state index in [9.17, 15) is 4.79 Å². The predicted octanol–water partition coefficient (Wildman–Crippen LogP) is 1.79. The van der Waals surface area contributed by atoms with Gasteiger partial charge in [0.25, 0.3) is 0 Å². The summed E-state index contributed by atoms with van der Waals surface area (Å²) in [6, 6.07) is 4.27. The van der Waals surface area contributed by atoms with Gasteiger partial charge in [0, 0.05) is 44.9 Å². The van der Waals surface area contributed by atoms with Gasteiger partial charge < -0.3 is 29.0 Å². The highest BCUT2D eigenvalue weighted by Crippen LogP contribution is 2.34. The van der Waals surface area contributed by atoms with Gasteiger partial charge in [0.1, 0.15) is 6.10 Å². The van der Waals surface area contributed by atoms with Crippen LogP contribution in [0.2, 0.25) is 0 Å². The third kappa shape index (κ3) is 3.41. The summed E-state index contributed by atoms with van der Waals surface area (Å²) in [6.45, 7) is 3.15. The van der Waals surface area contributed by atoms with Gasteiger partial charge >= 0.3 is 6.03 Å². The molecule has 0 aliphatic carbocycles. The number of urea groups is 1.